The van der Waals surface area contributed by atoms with Gasteiger partial charge in [-0.25, -0.2) is 0 Å². The van der Waals surface area contributed by atoms with Crippen LogP contribution >= 0.6 is 11.8 Å². The number of hydrogen-bond acceptors (Lipinski definition) is 3. The molecule has 1 fully saturated rings. The average molecular weight is 481 g/mol. The number of hydrogen-bond donors (Lipinski definition) is 0. The zero-order valence-electron chi connectivity index (χ0n) is 21.9. The minimum atomic E-state index is -0.105. The van der Waals surface area contributed by atoms with Gasteiger partial charge in [0.15, 0.2) is 0 Å². The lowest BCUT2D eigenvalue weighted by Crippen LogP contribution is -2.36. The number of fused-ring (bicyclic) bond motifs is 4. The molecule has 3 heterocycles. The normalized spacial score (nSPS) is 27.6. The molecule has 0 amide bonds. The summed E-state index contributed by atoms with van der Waals surface area (Å²) in [6.45, 7) is 13.9. The van der Waals surface area contributed by atoms with Crippen LogP contribution in [0, 0.1) is 5.92 Å². The highest BCUT2D eigenvalue weighted by Crippen LogP contribution is 2.43. The summed E-state index contributed by atoms with van der Waals surface area (Å²) in [6, 6.07) is 2.28. The summed E-state index contributed by atoms with van der Waals surface area (Å²) >= 11 is 1.93. The van der Waals surface area contributed by atoms with Crippen LogP contribution in [0.1, 0.15) is 109 Å². The van der Waals surface area contributed by atoms with Gasteiger partial charge in [-0.05, 0) is 48.6 Å². The Morgan fingerprint density at radius 2 is 1.79 bits per heavy atom. The van der Waals surface area contributed by atoms with Crippen molar-refractivity contribution in [2.24, 2.45) is 10.9 Å². The van der Waals surface area contributed by atoms with E-state index in [-0.39, 0.29) is 16.3 Å². The lowest BCUT2D eigenvalue weighted by molar-refractivity contribution is 0.485. The number of thioether (sulfide) groups is 1. The molecule has 186 valence electrons. The van der Waals surface area contributed by atoms with Gasteiger partial charge < -0.3 is 4.57 Å². The quantitative estimate of drug-likeness (QED) is 0.407. The first-order chi connectivity index (χ1) is 16.4. The predicted octanol–water partition coefficient (Wildman–Crippen LogP) is 7.60. The highest BCUT2D eigenvalue weighted by molar-refractivity contribution is 7.99. The van der Waals surface area contributed by atoms with Crippen LogP contribution in [0.3, 0.4) is 0 Å². The first-order valence-corrected chi connectivity index (χ1v) is 14.9. The molecule has 0 spiro atoms. The topological polar surface area (TPSA) is 34.4 Å². The Bertz CT molecular complexity index is 1020. The lowest BCUT2D eigenvalue weighted by atomic mass is 9.67. The number of nitrogens with zero attached hydrogens (tertiary/aromatic N) is 2. The van der Waals surface area contributed by atoms with Gasteiger partial charge in [0, 0.05) is 16.9 Å². The van der Waals surface area contributed by atoms with Gasteiger partial charge in [-0.1, -0.05) is 90.9 Å². The molecule has 0 N–H and O–H groups in total. The summed E-state index contributed by atoms with van der Waals surface area (Å²) in [5.41, 5.74) is 6.90. The van der Waals surface area contributed by atoms with E-state index in [4.69, 9.17) is 4.99 Å². The van der Waals surface area contributed by atoms with Crippen LogP contribution in [0.5, 0.6) is 0 Å². The Morgan fingerprint density at radius 3 is 2.38 bits per heavy atom. The Labute approximate surface area is 211 Å². The Balaban J connectivity index is 0.000000398. The minimum Gasteiger partial charge on any atom is -0.302 e. The molecule has 4 heteroatoms. The van der Waals surface area contributed by atoms with Crippen LogP contribution in [0.25, 0.3) is 0 Å². The molecule has 3 nitrogen and oxygen atoms in total. The van der Waals surface area contributed by atoms with Crippen molar-refractivity contribution in [1.82, 2.24) is 4.57 Å². The average Bonchev–Trinajstić information content (AvgIpc) is 3.22. The van der Waals surface area contributed by atoms with Crippen molar-refractivity contribution < 1.29 is 0 Å². The summed E-state index contributed by atoms with van der Waals surface area (Å²) in [5.74, 6) is 1.55. The monoisotopic (exact) mass is 480 g/mol. The third-order valence-electron chi connectivity index (χ3n) is 8.53. The highest BCUT2D eigenvalue weighted by Gasteiger charge is 2.39. The fourth-order valence-electron chi connectivity index (χ4n) is 6.16. The largest absolute Gasteiger partial charge is 0.302 e. The van der Waals surface area contributed by atoms with Gasteiger partial charge in [-0.3, -0.25) is 9.79 Å². The van der Waals surface area contributed by atoms with Gasteiger partial charge in [0.1, 0.15) is 5.37 Å². The summed E-state index contributed by atoms with van der Waals surface area (Å²) in [7, 11) is 0. The smallest absolute Gasteiger partial charge is 0.254 e. The van der Waals surface area contributed by atoms with Crippen LogP contribution < -0.4 is 5.56 Å². The maximum absolute atomic E-state index is 13.4. The standard InChI is InChI=1S/C24H32N2OS.C6H12/c1-6-9-16-12-17-14-26-20(21(17)25-22(16)28-8-3)13-19-18(23(26)27)11-10-15(4)24(19,5)7-2;1-2-4-6-5-3-1/h12-13,16,22H,4,6-11,14H2,1-3,5H3;1-6H2. The van der Waals surface area contributed by atoms with Crippen molar-refractivity contribution in [3.8, 4) is 0 Å². The van der Waals surface area contributed by atoms with E-state index in [0.717, 1.165) is 54.8 Å². The predicted molar refractivity (Wildman–Crippen MR) is 148 cm³/mol. The zero-order valence-corrected chi connectivity index (χ0v) is 22.7. The van der Waals surface area contributed by atoms with Crippen LogP contribution in [0.4, 0.5) is 0 Å². The SMILES string of the molecule is C1CCCCC1.C=C1CCc2c(cc3n(c2=O)CC2=CC(CCC)C(SCC)N=C23)C1(C)CC. The molecule has 2 aliphatic heterocycles. The molecule has 1 aromatic heterocycles. The Kier molecular flexibility index (Phi) is 8.28. The van der Waals surface area contributed by atoms with Crippen LogP contribution in [0.15, 0.2) is 39.7 Å². The molecule has 1 saturated carbocycles. The zero-order chi connectivity index (χ0) is 24.3. The Morgan fingerprint density at radius 1 is 1.12 bits per heavy atom. The molecule has 34 heavy (non-hydrogen) atoms. The second kappa shape index (κ2) is 11.0. The molecular weight excluding hydrogens is 436 g/mol. The van der Waals surface area contributed by atoms with Crippen molar-refractivity contribution in [1.29, 1.82) is 0 Å². The van der Waals surface area contributed by atoms with Crippen molar-refractivity contribution in [3.05, 3.63) is 57.0 Å². The third-order valence-corrected chi connectivity index (χ3v) is 9.66. The third kappa shape index (κ3) is 4.76. The van der Waals surface area contributed by atoms with Gasteiger partial charge in [-0.2, -0.15) is 0 Å². The molecule has 5 rings (SSSR count). The summed E-state index contributed by atoms with van der Waals surface area (Å²) < 4.78 is 1.98. The van der Waals surface area contributed by atoms with E-state index < -0.39 is 0 Å². The van der Waals surface area contributed by atoms with Gasteiger partial charge in [0.05, 0.1) is 18.0 Å². The van der Waals surface area contributed by atoms with Gasteiger partial charge >= 0.3 is 0 Å². The molecule has 4 aliphatic rings. The first kappa shape index (κ1) is 25.5. The van der Waals surface area contributed by atoms with E-state index in [1.165, 1.54) is 55.2 Å². The fraction of sp³-hybridized carbons (Fsp3) is 0.667. The molecule has 3 atom stereocenters. The van der Waals surface area contributed by atoms with E-state index >= 15 is 0 Å². The van der Waals surface area contributed by atoms with Crippen LogP contribution in [0.2, 0.25) is 0 Å². The van der Waals surface area contributed by atoms with E-state index in [0.29, 0.717) is 12.5 Å². The first-order valence-electron chi connectivity index (χ1n) is 13.8. The second-order valence-electron chi connectivity index (χ2n) is 10.7. The summed E-state index contributed by atoms with van der Waals surface area (Å²) in [6.07, 6.45) is 16.5. The summed E-state index contributed by atoms with van der Waals surface area (Å²) in [4.78, 5) is 18.6. The summed E-state index contributed by atoms with van der Waals surface area (Å²) in [5, 5.41) is 0.272. The number of dihydropyridines is 1. The molecule has 0 radical (unpaired) electrons. The Hall–Kier alpha value is -1.55. The van der Waals surface area contributed by atoms with Crippen molar-refractivity contribution in [2.75, 3.05) is 5.75 Å². The molecule has 3 unspecified atom stereocenters. The van der Waals surface area contributed by atoms with Gasteiger partial charge in [-0.15, -0.1) is 11.8 Å². The number of rotatable bonds is 5. The maximum atomic E-state index is 13.4. The highest BCUT2D eigenvalue weighted by atomic mass is 32.2. The minimum absolute atomic E-state index is 0.105. The van der Waals surface area contributed by atoms with E-state index in [9.17, 15) is 4.79 Å². The van der Waals surface area contributed by atoms with E-state index in [1.54, 1.807) is 0 Å². The van der Waals surface area contributed by atoms with Gasteiger partial charge in [0.2, 0.25) is 0 Å². The van der Waals surface area contributed by atoms with E-state index in [1.807, 2.05) is 16.3 Å². The molecule has 0 bridgehead atoms. The molecule has 0 aromatic carbocycles. The maximum Gasteiger partial charge on any atom is 0.254 e. The van der Waals surface area contributed by atoms with Gasteiger partial charge in [0.25, 0.3) is 5.56 Å². The number of aromatic nitrogens is 1. The second-order valence-corrected chi connectivity index (χ2v) is 12.1. The molecule has 1 aromatic rings. The number of allylic oxidation sites excluding steroid dienone is 2. The molecule has 2 aliphatic carbocycles. The van der Waals surface area contributed by atoms with E-state index in [2.05, 4.69) is 46.4 Å². The van der Waals surface area contributed by atoms with Crippen molar-refractivity contribution >= 4 is 17.5 Å². The number of aliphatic imine (C=N–C) groups is 1. The van der Waals surface area contributed by atoms with Crippen LogP contribution in [-0.4, -0.2) is 21.4 Å². The number of pyridine rings is 1. The molecular formula is C30H44N2OS. The van der Waals surface area contributed by atoms with Crippen molar-refractivity contribution in [2.45, 2.75) is 116 Å². The lowest BCUT2D eigenvalue weighted by Gasteiger charge is -2.37. The molecule has 0 saturated heterocycles. The van der Waals surface area contributed by atoms with Crippen LogP contribution in [-0.2, 0) is 18.4 Å². The fourth-order valence-corrected chi connectivity index (χ4v) is 7.15. The van der Waals surface area contributed by atoms with Crippen molar-refractivity contribution in [3.63, 3.8) is 0 Å².